The minimum absolute atomic E-state index is 0.0654. The summed E-state index contributed by atoms with van der Waals surface area (Å²) in [7, 11) is 2.92. The van der Waals surface area contributed by atoms with E-state index in [4.69, 9.17) is 14.2 Å². The van der Waals surface area contributed by atoms with Gasteiger partial charge >= 0.3 is 6.09 Å². The molecule has 1 aliphatic rings. The average molecular weight is 526 g/mol. The highest BCUT2D eigenvalue weighted by Gasteiger charge is 2.23. The van der Waals surface area contributed by atoms with E-state index >= 15 is 0 Å². The van der Waals surface area contributed by atoms with E-state index in [2.05, 4.69) is 20.2 Å². The predicted molar refractivity (Wildman–Crippen MR) is 142 cm³/mol. The molecular formula is C27H32FN5O5. The summed E-state index contributed by atoms with van der Waals surface area (Å²) < 4.78 is 30.9. The van der Waals surface area contributed by atoms with E-state index in [1.165, 1.54) is 57.9 Å². The summed E-state index contributed by atoms with van der Waals surface area (Å²) in [6.07, 6.45) is 4.72. The van der Waals surface area contributed by atoms with Crippen LogP contribution in [-0.4, -0.2) is 66.5 Å². The molecular weight excluding hydrogens is 493 g/mol. The second kappa shape index (κ2) is 12.9. The van der Waals surface area contributed by atoms with Crippen LogP contribution in [0.4, 0.5) is 32.3 Å². The SMILES string of the molecule is COc1ccc(OC)c(N(C(=O)O)c2ccnc(Nc3ccc(OCCCN4CCCCC4)c(F)c3)n2)c1. The number of carbonyl (C=O) groups is 1. The van der Waals surface area contributed by atoms with Gasteiger partial charge in [-0.1, -0.05) is 6.42 Å². The van der Waals surface area contributed by atoms with Crippen molar-refractivity contribution in [3.05, 3.63) is 54.5 Å². The van der Waals surface area contributed by atoms with E-state index in [1.807, 2.05) is 0 Å². The number of nitrogens with one attached hydrogen (secondary N) is 1. The molecule has 1 amide bonds. The Morgan fingerprint density at radius 3 is 2.58 bits per heavy atom. The van der Waals surface area contributed by atoms with Gasteiger partial charge in [0.1, 0.15) is 17.3 Å². The molecule has 0 aliphatic carbocycles. The first-order valence-electron chi connectivity index (χ1n) is 12.5. The van der Waals surface area contributed by atoms with Gasteiger partial charge in [-0.25, -0.2) is 19.1 Å². The molecule has 0 spiro atoms. The summed E-state index contributed by atoms with van der Waals surface area (Å²) in [4.78, 5) is 24.0. The zero-order valence-corrected chi connectivity index (χ0v) is 21.5. The number of hydrogen-bond donors (Lipinski definition) is 2. The number of benzene rings is 2. The maximum atomic E-state index is 14.7. The second-order valence-corrected chi connectivity index (χ2v) is 8.77. The Morgan fingerprint density at radius 2 is 1.87 bits per heavy atom. The third-order valence-corrected chi connectivity index (χ3v) is 6.20. The molecule has 1 aromatic heterocycles. The van der Waals surface area contributed by atoms with Gasteiger partial charge in [0.25, 0.3) is 0 Å². The van der Waals surface area contributed by atoms with Crippen LogP contribution in [0.15, 0.2) is 48.7 Å². The van der Waals surface area contributed by atoms with Crippen molar-refractivity contribution < 1.29 is 28.5 Å². The van der Waals surface area contributed by atoms with Crippen molar-refractivity contribution in [2.75, 3.05) is 50.7 Å². The Bertz CT molecular complexity index is 1240. The molecule has 1 saturated heterocycles. The van der Waals surface area contributed by atoms with Crippen molar-refractivity contribution >= 4 is 29.2 Å². The smallest absolute Gasteiger partial charge is 0.417 e. The lowest BCUT2D eigenvalue weighted by Crippen LogP contribution is -2.31. The molecule has 0 radical (unpaired) electrons. The van der Waals surface area contributed by atoms with Crippen LogP contribution in [0.1, 0.15) is 25.7 Å². The fourth-order valence-corrected chi connectivity index (χ4v) is 4.31. The van der Waals surface area contributed by atoms with Gasteiger partial charge in [0.2, 0.25) is 5.95 Å². The van der Waals surface area contributed by atoms with Crippen molar-refractivity contribution in [2.45, 2.75) is 25.7 Å². The van der Waals surface area contributed by atoms with Gasteiger partial charge < -0.3 is 29.5 Å². The largest absolute Gasteiger partial charge is 0.497 e. The van der Waals surface area contributed by atoms with Crippen molar-refractivity contribution in [1.82, 2.24) is 14.9 Å². The minimum Gasteiger partial charge on any atom is -0.497 e. The van der Waals surface area contributed by atoms with Crippen LogP contribution < -0.4 is 24.4 Å². The maximum Gasteiger partial charge on any atom is 0.417 e. The van der Waals surface area contributed by atoms with E-state index in [-0.39, 0.29) is 23.2 Å². The van der Waals surface area contributed by atoms with Gasteiger partial charge in [0.05, 0.1) is 26.5 Å². The van der Waals surface area contributed by atoms with E-state index in [0.717, 1.165) is 31.0 Å². The molecule has 2 heterocycles. The first kappa shape index (κ1) is 26.9. The van der Waals surface area contributed by atoms with E-state index in [1.54, 1.807) is 24.3 Å². The summed E-state index contributed by atoms with van der Waals surface area (Å²) in [5, 5.41) is 12.9. The van der Waals surface area contributed by atoms with Gasteiger partial charge in [0, 0.05) is 36.6 Å². The summed E-state index contributed by atoms with van der Waals surface area (Å²) in [5.74, 6) is 0.572. The number of methoxy groups -OCH3 is 2. The third-order valence-electron chi connectivity index (χ3n) is 6.20. The minimum atomic E-state index is -1.28. The predicted octanol–water partition coefficient (Wildman–Crippen LogP) is 5.45. The molecule has 0 saturated carbocycles. The fraction of sp³-hybridized carbons (Fsp3) is 0.370. The zero-order valence-electron chi connectivity index (χ0n) is 21.5. The molecule has 1 fully saturated rings. The third kappa shape index (κ3) is 6.80. The molecule has 0 bridgehead atoms. The monoisotopic (exact) mass is 525 g/mol. The van der Waals surface area contributed by atoms with Crippen molar-refractivity contribution in [3.8, 4) is 17.2 Å². The lowest BCUT2D eigenvalue weighted by Gasteiger charge is -2.26. The van der Waals surface area contributed by atoms with Crippen LogP contribution >= 0.6 is 0 Å². The van der Waals surface area contributed by atoms with Crippen LogP contribution in [0.3, 0.4) is 0 Å². The number of anilines is 4. The summed E-state index contributed by atoms with van der Waals surface area (Å²) in [5.41, 5.74) is 0.609. The number of hydrogen-bond acceptors (Lipinski definition) is 8. The number of aromatic nitrogens is 2. The Balaban J connectivity index is 1.44. The number of rotatable bonds is 11. The molecule has 11 heteroatoms. The first-order valence-corrected chi connectivity index (χ1v) is 12.5. The van der Waals surface area contributed by atoms with Gasteiger partial charge in [-0.3, -0.25) is 0 Å². The maximum absolute atomic E-state index is 14.7. The topological polar surface area (TPSA) is 109 Å². The van der Waals surface area contributed by atoms with Gasteiger partial charge in [-0.2, -0.15) is 4.98 Å². The summed E-state index contributed by atoms with van der Waals surface area (Å²) >= 11 is 0. The number of halogens is 1. The lowest BCUT2D eigenvalue weighted by molar-refractivity contribution is 0.203. The highest BCUT2D eigenvalue weighted by molar-refractivity contribution is 5.96. The first-order chi connectivity index (χ1) is 18.5. The van der Waals surface area contributed by atoms with E-state index < -0.39 is 11.9 Å². The van der Waals surface area contributed by atoms with Crippen molar-refractivity contribution in [1.29, 1.82) is 0 Å². The molecule has 0 unspecified atom stereocenters. The van der Waals surface area contributed by atoms with Crippen LogP contribution in [0.25, 0.3) is 0 Å². The number of likely N-dealkylation sites (tertiary alicyclic amines) is 1. The van der Waals surface area contributed by atoms with Gasteiger partial charge in [-0.15, -0.1) is 0 Å². The fourth-order valence-electron chi connectivity index (χ4n) is 4.31. The highest BCUT2D eigenvalue weighted by Crippen LogP contribution is 2.36. The molecule has 2 N–H and O–H groups in total. The molecule has 1 aliphatic heterocycles. The number of amides is 1. The molecule has 3 aromatic rings. The molecule has 38 heavy (non-hydrogen) atoms. The van der Waals surface area contributed by atoms with Crippen molar-refractivity contribution in [3.63, 3.8) is 0 Å². The molecule has 10 nitrogen and oxygen atoms in total. The molecule has 0 atom stereocenters. The second-order valence-electron chi connectivity index (χ2n) is 8.77. The number of piperidine rings is 1. The Morgan fingerprint density at radius 1 is 1.08 bits per heavy atom. The Kier molecular flexibility index (Phi) is 9.15. The van der Waals surface area contributed by atoms with E-state index in [0.29, 0.717) is 23.8 Å². The molecule has 202 valence electrons. The number of nitrogens with zero attached hydrogens (tertiary/aromatic N) is 4. The normalized spacial score (nSPS) is 13.6. The molecule has 4 rings (SSSR count). The quantitative estimate of drug-likeness (QED) is 0.316. The Hall–Kier alpha value is -4.12. The van der Waals surface area contributed by atoms with Crippen molar-refractivity contribution in [2.24, 2.45) is 0 Å². The lowest BCUT2D eigenvalue weighted by atomic mass is 10.1. The van der Waals surface area contributed by atoms with Gasteiger partial charge in [0.15, 0.2) is 11.6 Å². The van der Waals surface area contributed by atoms with Crippen LogP contribution in [-0.2, 0) is 0 Å². The molecule has 2 aromatic carbocycles. The summed E-state index contributed by atoms with van der Waals surface area (Å²) in [6.45, 7) is 3.62. The van der Waals surface area contributed by atoms with Crippen LogP contribution in [0, 0.1) is 5.82 Å². The number of carboxylic acid groups (broad SMARTS) is 1. The summed E-state index contributed by atoms with van der Waals surface area (Å²) in [6, 6.07) is 10.7. The van der Waals surface area contributed by atoms with Crippen LogP contribution in [0.2, 0.25) is 0 Å². The van der Waals surface area contributed by atoms with E-state index in [9.17, 15) is 14.3 Å². The average Bonchev–Trinajstić information content (AvgIpc) is 2.93. The zero-order chi connectivity index (χ0) is 26.9. The standard InChI is InChI=1S/C27H32FN5O5/c1-36-20-8-10-24(37-2)22(18-20)33(27(34)35)25-11-12-29-26(31-25)30-19-7-9-23(21(28)17-19)38-16-6-15-32-13-4-3-5-14-32/h7-12,17-18H,3-6,13-16H2,1-2H3,(H,34,35)(H,29,30,31). The van der Waals surface area contributed by atoms with Gasteiger partial charge in [-0.05, 0) is 56.6 Å². The highest BCUT2D eigenvalue weighted by atomic mass is 19.1. The number of ether oxygens (including phenoxy) is 3. The Labute approximate surface area is 221 Å². The van der Waals surface area contributed by atoms with Crippen LogP contribution in [0.5, 0.6) is 17.2 Å².